The van der Waals surface area contributed by atoms with Crippen molar-refractivity contribution in [2.24, 2.45) is 0 Å². The predicted octanol–water partition coefficient (Wildman–Crippen LogP) is 3.27. The molecule has 1 atom stereocenters. The summed E-state index contributed by atoms with van der Waals surface area (Å²) in [4.78, 5) is 8.10. The Morgan fingerprint density at radius 2 is 2.41 bits per heavy atom. The maximum Gasteiger partial charge on any atom is 0.143 e. The maximum absolute atomic E-state index is 5.30. The van der Waals surface area contributed by atoms with Gasteiger partial charge in [0.1, 0.15) is 17.9 Å². The first-order valence-electron chi connectivity index (χ1n) is 5.50. The van der Waals surface area contributed by atoms with E-state index in [4.69, 9.17) is 4.42 Å². The highest BCUT2D eigenvalue weighted by molar-refractivity contribution is 9.10. The molecule has 2 rings (SSSR count). The summed E-state index contributed by atoms with van der Waals surface area (Å²) in [6.07, 6.45) is 6.88. The third-order valence-electron chi connectivity index (χ3n) is 2.45. The molecule has 1 unspecified atom stereocenters. The van der Waals surface area contributed by atoms with E-state index in [9.17, 15) is 0 Å². The highest BCUT2D eigenvalue weighted by atomic mass is 79.9. The molecule has 2 heterocycles. The van der Waals surface area contributed by atoms with Gasteiger partial charge < -0.3 is 9.73 Å². The first kappa shape index (κ1) is 12.1. The maximum atomic E-state index is 5.30. The van der Waals surface area contributed by atoms with Gasteiger partial charge in [-0.15, -0.1) is 0 Å². The summed E-state index contributed by atoms with van der Waals surface area (Å²) in [6.45, 7) is 2.12. The number of nitrogens with one attached hydrogen (secondary N) is 1. The van der Waals surface area contributed by atoms with Gasteiger partial charge in [0.2, 0.25) is 0 Å². The van der Waals surface area contributed by atoms with Gasteiger partial charge in [0.05, 0.1) is 10.7 Å². The fourth-order valence-corrected chi connectivity index (χ4v) is 1.87. The molecule has 17 heavy (non-hydrogen) atoms. The van der Waals surface area contributed by atoms with Gasteiger partial charge in [0.25, 0.3) is 0 Å². The van der Waals surface area contributed by atoms with Gasteiger partial charge in [-0.1, -0.05) is 0 Å². The SMILES string of the molecule is CC(CCc1ccco1)Nc1ncncc1Br. The van der Waals surface area contributed by atoms with Crippen LogP contribution in [0.15, 0.2) is 39.8 Å². The summed E-state index contributed by atoms with van der Waals surface area (Å²) in [6, 6.07) is 4.23. The van der Waals surface area contributed by atoms with Crippen LogP contribution in [0.25, 0.3) is 0 Å². The Morgan fingerprint density at radius 3 is 3.12 bits per heavy atom. The summed E-state index contributed by atoms with van der Waals surface area (Å²) in [7, 11) is 0. The van der Waals surface area contributed by atoms with E-state index in [-0.39, 0.29) is 0 Å². The molecule has 1 N–H and O–H groups in total. The molecule has 0 radical (unpaired) electrons. The minimum absolute atomic E-state index is 0.325. The lowest BCUT2D eigenvalue weighted by atomic mass is 10.1. The lowest BCUT2D eigenvalue weighted by molar-refractivity contribution is 0.495. The van der Waals surface area contributed by atoms with E-state index in [1.165, 1.54) is 6.33 Å². The second kappa shape index (κ2) is 5.82. The predicted molar refractivity (Wildman–Crippen MR) is 69.8 cm³/mol. The van der Waals surface area contributed by atoms with Gasteiger partial charge in [-0.3, -0.25) is 0 Å². The average molecular weight is 296 g/mol. The number of furan rings is 1. The van der Waals surface area contributed by atoms with Crippen LogP contribution in [0.5, 0.6) is 0 Å². The molecule has 0 saturated carbocycles. The minimum Gasteiger partial charge on any atom is -0.469 e. The second-order valence-corrected chi connectivity index (χ2v) is 4.74. The van der Waals surface area contributed by atoms with Crippen molar-refractivity contribution in [3.05, 3.63) is 41.2 Å². The van der Waals surface area contributed by atoms with Gasteiger partial charge in [-0.05, 0) is 41.4 Å². The summed E-state index contributed by atoms with van der Waals surface area (Å²) in [5.74, 6) is 1.84. The molecule has 0 aliphatic rings. The smallest absolute Gasteiger partial charge is 0.143 e. The zero-order valence-corrected chi connectivity index (χ0v) is 11.1. The van der Waals surface area contributed by atoms with Crippen LogP contribution in [-0.2, 0) is 6.42 Å². The van der Waals surface area contributed by atoms with Crippen molar-refractivity contribution in [2.45, 2.75) is 25.8 Å². The number of aromatic nitrogens is 2. The topological polar surface area (TPSA) is 51.0 Å². The molecule has 0 aromatic carbocycles. The second-order valence-electron chi connectivity index (χ2n) is 3.88. The molecule has 5 heteroatoms. The lowest BCUT2D eigenvalue weighted by Crippen LogP contribution is -2.17. The Labute approximate surface area is 109 Å². The summed E-state index contributed by atoms with van der Waals surface area (Å²) >= 11 is 3.41. The van der Waals surface area contributed by atoms with E-state index in [2.05, 4.69) is 38.1 Å². The third-order valence-corrected chi connectivity index (χ3v) is 3.03. The molecule has 2 aromatic heterocycles. The van der Waals surface area contributed by atoms with Crippen molar-refractivity contribution in [3.8, 4) is 0 Å². The van der Waals surface area contributed by atoms with Crippen molar-refractivity contribution < 1.29 is 4.42 Å². The summed E-state index contributed by atoms with van der Waals surface area (Å²) < 4.78 is 6.17. The zero-order valence-electron chi connectivity index (χ0n) is 9.56. The van der Waals surface area contributed by atoms with Crippen molar-refractivity contribution in [2.75, 3.05) is 5.32 Å². The summed E-state index contributed by atoms with van der Waals surface area (Å²) in [5, 5.41) is 3.33. The Kier molecular flexibility index (Phi) is 4.14. The molecule has 0 spiro atoms. The van der Waals surface area contributed by atoms with Gasteiger partial charge in [-0.25, -0.2) is 9.97 Å². The number of nitrogens with zero attached hydrogens (tertiary/aromatic N) is 2. The van der Waals surface area contributed by atoms with Crippen molar-refractivity contribution in [1.82, 2.24) is 9.97 Å². The monoisotopic (exact) mass is 295 g/mol. The first-order chi connectivity index (χ1) is 8.25. The van der Waals surface area contributed by atoms with Crippen LogP contribution in [0.4, 0.5) is 5.82 Å². The van der Waals surface area contributed by atoms with Crippen molar-refractivity contribution in [1.29, 1.82) is 0 Å². The van der Waals surface area contributed by atoms with Crippen LogP contribution in [0.3, 0.4) is 0 Å². The zero-order chi connectivity index (χ0) is 12.1. The van der Waals surface area contributed by atoms with Gasteiger partial charge in [0, 0.05) is 18.7 Å². The lowest BCUT2D eigenvalue weighted by Gasteiger charge is -2.14. The van der Waals surface area contributed by atoms with E-state index >= 15 is 0 Å². The molecule has 2 aromatic rings. The quantitative estimate of drug-likeness (QED) is 0.920. The van der Waals surface area contributed by atoms with Crippen LogP contribution >= 0.6 is 15.9 Å². The Balaban J connectivity index is 1.85. The van der Waals surface area contributed by atoms with Crippen LogP contribution in [0.1, 0.15) is 19.1 Å². The van der Waals surface area contributed by atoms with Crippen LogP contribution in [-0.4, -0.2) is 16.0 Å². The van der Waals surface area contributed by atoms with Crippen LogP contribution in [0, 0.1) is 0 Å². The van der Waals surface area contributed by atoms with Crippen LogP contribution in [0.2, 0.25) is 0 Å². The van der Waals surface area contributed by atoms with E-state index in [1.807, 2.05) is 12.1 Å². The van der Waals surface area contributed by atoms with E-state index in [0.29, 0.717) is 6.04 Å². The molecule has 0 aliphatic carbocycles. The number of rotatable bonds is 5. The number of aryl methyl sites for hydroxylation is 1. The molecule has 0 fully saturated rings. The van der Waals surface area contributed by atoms with Gasteiger partial charge in [-0.2, -0.15) is 0 Å². The van der Waals surface area contributed by atoms with E-state index in [0.717, 1.165) is 28.9 Å². The number of hydrogen-bond acceptors (Lipinski definition) is 4. The van der Waals surface area contributed by atoms with Gasteiger partial charge >= 0.3 is 0 Å². The average Bonchev–Trinajstić information content (AvgIpc) is 2.82. The Bertz CT molecular complexity index is 459. The largest absolute Gasteiger partial charge is 0.469 e. The Hall–Kier alpha value is -1.36. The highest BCUT2D eigenvalue weighted by Gasteiger charge is 2.07. The molecule has 90 valence electrons. The third kappa shape index (κ3) is 3.56. The van der Waals surface area contributed by atoms with Crippen LogP contribution < -0.4 is 5.32 Å². The number of hydrogen-bond donors (Lipinski definition) is 1. The molecule has 0 saturated heterocycles. The van der Waals surface area contributed by atoms with Crippen molar-refractivity contribution in [3.63, 3.8) is 0 Å². The van der Waals surface area contributed by atoms with E-state index in [1.54, 1.807) is 12.5 Å². The first-order valence-corrected chi connectivity index (χ1v) is 6.29. The minimum atomic E-state index is 0.325. The fourth-order valence-electron chi connectivity index (χ4n) is 1.54. The van der Waals surface area contributed by atoms with Crippen molar-refractivity contribution >= 4 is 21.7 Å². The fraction of sp³-hybridized carbons (Fsp3) is 0.333. The molecule has 0 aliphatic heterocycles. The standard InChI is InChI=1S/C12H14BrN3O/c1-9(4-5-10-3-2-6-17-10)16-12-11(13)7-14-8-15-12/h2-3,6-9H,4-5H2,1H3,(H,14,15,16). The molecule has 0 bridgehead atoms. The number of anilines is 1. The number of halogens is 1. The van der Waals surface area contributed by atoms with E-state index < -0.39 is 0 Å². The Morgan fingerprint density at radius 1 is 1.53 bits per heavy atom. The molecule has 4 nitrogen and oxygen atoms in total. The molecular weight excluding hydrogens is 282 g/mol. The summed E-state index contributed by atoms with van der Waals surface area (Å²) in [5.41, 5.74) is 0. The molecular formula is C12H14BrN3O. The highest BCUT2D eigenvalue weighted by Crippen LogP contribution is 2.19. The normalized spacial score (nSPS) is 12.4. The molecule has 0 amide bonds. The van der Waals surface area contributed by atoms with Gasteiger partial charge in [0.15, 0.2) is 0 Å².